The first-order chi connectivity index (χ1) is 7.22. The van der Waals surface area contributed by atoms with Crippen LogP contribution in [0.5, 0.6) is 0 Å². The summed E-state index contributed by atoms with van der Waals surface area (Å²) < 4.78 is 7.09. The van der Waals surface area contributed by atoms with Gasteiger partial charge in [0.1, 0.15) is 0 Å². The van der Waals surface area contributed by atoms with Crippen molar-refractivity contribution in [3.63, 3.8) is 0 Å². The predicted molar refractivity (Wildman–Crippen MR) is 60.8 cm³/mol. The first-order valence-corrected chi connectivity index (χ1v) is 4.92. The van der Waals surface area contributed by atoms with Gasteiger partial charge in [-0.25, -0.2) is 4.98 Å². The minimum absolute atomic E-state index is 0.680. The minimum atomic E-state index is 0.680. The summed E-state index contributed by atoms with van der Waals surface area (Å²) in [5, 5.41) is 0. The summed E-state index contributed by atoms with van der Waals surface area (Å²) >= 11 is 0. The fraction of sp³-hybridized carbons (Fsp3) is 0.364. The van der Waals surface area contributed by atoms with E-state index in [1.165, 1.54) is 0 Å². The molecule has 0 saturated heterocycles. The van der Waals surface area contributed by atoms with E-state index in [0.717, 1.165) is 28.8 Å². The van der Waals surface area contributed by atoms with E-state index in [2.05, 4.69) is 9.55 Å². The van der Waals surface area contributed by atoms with Gasteiger partial charge >= 0.3 is 0 Å². The van der Waals surface area contributed by atoms with Crippen LogP contribution in [0.4, 0.5) is 5.69 Å². The zero-order valence-corrected chi connectivity index (χ0v) is 9.03. The third kappa shape index (κ3) is 1.80. The van der Waals surface area contributed by atoms with E-state index in [0.29, 0.717) is 6.61 Å². The van der Waals surface area contributed by atoms with Crippen molar-refractivity contribution in [3.05, 3.63) is 24.0 Å². The highest BCUT2D eigenvalue weighted by atomic mass is 16.5. The van der Waals surface area contributed by atoms with Gasteiger partial charge in [0.2, 0.25) is 0 Å². The fourth-order valence-corrected chi connectivity index (χ4v) is 1.59. The molecule has 0 saturated carbocycles. The van der Waals surface area contributed by atoms with Gasteiger partial charge in [-0.1, -0.05) is 0 Å². The predicted octanol–water partition coefficient (Wildman–Crippen LogP) is 1.57. The van der Waals surface area contributed by atoms with Crippen LogP contribution in [0.3, 0.4) is 0 Å². The average Bonchev–Trinajstić information content (AvgIpc) is 2.59. The number of nitrogens with two attached hydrogens (primary N) is 1. The molecule has 2 aromatic rings. The lowest BCUT2D eigenvalue weighted by Crippen LogP contribution is -2.02. The molecule has 0 aliphatic carbocycles. The van der Waals surface area contributed by atoms with Gasteiger partial charge in [0, 0.05) is 19.3 Å². The van der Waals surface area contributed by atoms with E-state index >= 15 is 0 Å². The zero-order valence-electron chi connectivity index (χ0n) is 9.03. The molecule has 15 heavy (non-hydrogen) atoms. The van der Waals surface area contributed by atoms with E-state index in [1.54, 1.807) is 7.11 Å². The summed E-state index contributed by atoms with van der Waals surface area (Å²) in [5.41, 5.74) is 9.80. The summed E-state index contributed by atoms with van der Waals surface area (Å²) in [5.74, 6) is 0. The summed E-state index contributed by atoms with van der Waals surface area (Å²) in [7, 11) is 1.69. The molecule has 0 radical (unpaired) electrons. The van der Waals surface area contributed by atoms with Gasteiger partial charge in [-0.15, -0.1) is 0 Å². The number of nitrogen functional groups attached to an aromatic ring is 1. The van der Waals surface area contributed by atoms with Crippen molar-refractivity contribution in [3.8, 4) is 0 Å². The number of aromatic nitrogens is 2. The lowest BCUT2D eigenvalue weighted by atomic mass is 10.2. The van der Waals surface area contributed by atoms with Crippen molar-refractivity contribution >= 4 is 16.7 Å². The van der Waals surface area contributed by atoms with Gasteiger partial charge in [-0.3, -0.25) is 0 Å². The number of aryl methyl sites for hydroxylation is 1. The maximum atomic E-state index is 5.87. The van der Waals surface area contributed by atoms with Crippen LogP contribution >= 0.6 is 0 Å². The second-order valence-electron chi connectivity index (χ2n) is 3.63. The molecule has 0 spiro atoms. The Labute approximate surface area is 88.7 Å². The molecule has 1 aromatic carbocycles. The smallest absolute Gasteiger partial charge is 0.0959 e. The van der Waals surface area contributed by atoms with Crippen molar-refractivity contribution in [1.82, 2.24) is 9.55 Å². The molecule has 4 nitrogen and oxygen atoms in total. The molecule has 0 bridgehead atoms. The molecule has 80 valence electrons. The van der Waals surface area contributed by atoms with Crippen molar-refractivity contribution in [2.45, 2.75) is 13.5 Å². The van der Waals surface area contributed by atoms with Crippen LogP contribution in [0.2, 0.25) is 0 Å². The Hall–Kier alpha value is -1.55. The molecular formula is C11H15N3O. The molecule has 0 atom stereocenters. The third-order valence-corrected chi connectivity index (χ3v) is 2.55. The van der Waals surface area contributed by atoms with E-state index in [-0.39, 0.29) is 0 Å². The summed E-state index contributed by atoms with van der Waals surface area (Å²) in [6.45, 7) is 3.47. The van der Waals surface area contributed by atoms with Crippen LogP contribution in [0.25, 0.3) is 11.0 Å². The molecule has 0 aliphatic heterocycles. The Kier molecular flexibility index (Phi) is 2.60. The second-order valence-corrected chi connectivity index (χ2v) is 3.63. The average molecular weight is 205 g/mol. The van der Waals surface area contributed by atoms with E-state index in [1.807, 2.05) is 25.4 Å². The molecule has 0 amide bonds. The lowest BCUT2D eigenvalue weighted by molar-refractivity contribution is 0.188. The lowest BCUT2D eigenvalue weighted by Gasteiger charge is -2.04. The van der Waals surface area contributed by atoms with Crippen LogP contribution in [0.1, 0.15) is 5.56 Å². The number of hydrogen-bond acceptors (Lipinski definition) is 3. The summed E-state index contributed by atoms with van der Waals surface area (Å²) in [4.78, 5) is 4.33. The number of methoxy groups -OCH3 is 1. The van der Waals surface area contributed by atoms with E-state index in [4.69, 9.17) is 10.5 Å². The van der Waals surface area contributed by atoms with Crippen molar-refractivity contribution in [2.24, 2.45) is 0 Å². The molecule has 1 aromatic heterocycles. The Morgan fingerprint density at radius 3 is 3.00 bits per heavy atom. The summed E-state index contributed by atoms with van der Waals surface area (Å²) in [6, 6.07) is 3.97. The number of benzene rings is 1. The molecule has 2 N–H and O–H groups in total. The standard InChI is InChI=1S/C11H15N3O/c1-8-5-10-11(6-9(8)12)14(7-13-10)3-4-15-2/h5-7H,3-4,12H2,1-2H3. The highest BCUT2D eigenvalue weighted by Crippen LogP contribution is 2.20. The number of ether oxygens (including phenoxy) is 1. The van der Waals surface area contributed by atoms with Crippen LogP contribution in [0, 0.1) is 6.92 Å². The Balaban J connectivity index is 2.45. The van der Waals surface area contributed by atoms with Gasteiger partial charge in [0.15, 0.2) is 0 Å². The van der Waals surface area contributed by atoms with Crippen molar-refractivity contribution in [1.29, 1.82) is 0 Å². The fourth-order valence-electron chi connectivity index (χ4n) is 1.59. The van der Waals surface area contributed by atoms with Crippen molar-refractivity contribution in [2.75, 3.05) is 19.5 Å². The number of rotatable bonds is 3. The second kappa shape index (κ2) is 3.90. The number of imidazole rings is 1. The Morgan fingerprint density at radius 1 is 1.47 bits per heavy atom. The topological polar surface area (TPSA) is 53.1 Å². The number of fused-ring (bicyclic) bond motifs is 1. The van der Waals surface area contributed by atoms with Gasteiger partial charge < -0.3 is 15.0 Å². The van der Waals surface area contributed by atoms with Gasteiger partial charge in [0.05, 0.1) is 24.0 Å². The number of hydrogen-bond donors (Lipinski definition) is 1. The van der Waals surface area contributed by atoms with Crippen LogP contribution in [0.15, 0.2) is 18.5 Å². The van der Waals surface area contributed by atoms with Crippen molar-refractivity contribution < 1.29 is 4.74 Å². The third-order valence-electron chi connectivity index (χ3n) is 2.55. The zero-order chi connectivity index (χ0) is 10.8. The molecule has 0 fully saturated rings. The minimum Gasteiger partial charge on any atom is -0.398 e. The number of nitrogens with zero attached hydrogens (tertiary/aromatic N) is 2. The number of anilines is 1. The maximum Gasteiger partial charge on any atom is 0.0959 e. The normalized spacial score (nSPS) is 11.1. The highest BCUT2D eigenvalue weighted by molar-refractivity contribution is 5.80. The van der Waals surface area contributed by atoms with Crippen LogP contribution < -0.4 is 5.73 Å². The van der Waals surface area contributed by atoms with Gasteiger partial charge in [-0.2, -0.15) is 0 Å². The first-order valence-electron chi connectivity index (χ1n) is 4.92. The maximum absolute atomic E-state index is 5.87. The molecular weight excluding hydrogens is 190 g/mol. The first kappa shape index (κ1) is 9.98. The monoisotopic (exact) mass is 205 g/mol. The molecule has 0 aliphatic rings. The Morgan fingerprint density at radius 2 is 2.27 bits per heavy atom. The van der Waals surface area contributed by atoms with Gasteiger partial charge in [0.25, 0.3) is 0 Å². The van der Waals surface area contributed by atoms with Crippen LogP contribution in [-0.2, 0) is 11.3 Å². The van der Waals surface area contributed by atoms with Crippen LogP contribution in [-0.4, -0.2) is 23.3 Å². The molecule has 1 heterocycles. The molecule has 0 unspecified atom stereocenters. The SMILES string of the molecule is COCCn1cnc2cc(C)c(N)cc21. The molecule has 2 rings (SSSR count). The quantitative estimate of drug-likeness (QED) is 0.774. The van der Waals surface area contributed by atoms with Gasteiger partial charge in [-0.05, 0) is 24.6 Å². The molecule has 4 heteroatoms. The Bertz CT molecular complexity index is 476. The van der Waals surface area contributed by atoms with E-state index in [9.17, 15) is 0 Å². The largest absolute Gasteiger partial charge is 0.398 e. The summed E-state index contributed by atoms with van der Waals surface area (Å²) in [6.07, 6.45) is 1.82. The highest BCUT2D eigenvalue weighted by Gasteiger charge is 2.04. The van der Waals surface area contributed by atoms with E-state index < -0.39 is 0 Å².